The topological polar surface area (TPSA) is 9.72 Å². The van der Waals surface area contributed by atoms with Gasteiger partial charge in [0.2, 0.25) is 0 Å². The number of benzene rings is 10. The van der Waals surface area contributed by atoms with Crippen molar-refractivity contribution in [2.45, 2.75) is 63.8 Å². The molecule has 356 valence electrons. The average molecular weight is 952 g/mol. The predicted molar refractivity (Wildman–Crippen MR) is 314 cm³/mol. The summed E-state index contributed by atoms with van der Waals surface area (Å²) < 4.78 is 0. The second kappa shape index (κ2) is 16.6. The highest BCUT2D eigenvalue weighted by molar-refractivity contribution is 7.00. The molecule has 74 heavy (non-hydrogen) atoms. The molecule has 0 amide bonds. The maximum absolute atomic E-state index is 2.75. The van der Waals surface area contributed by atoms with Crippen LogP contribution in [0.1, 0.15) is 58.6 Å². The Balaban J connectivity index is 1.08. The Morgan fingerprint density at radius 2 is 0.865 bits per heavy atom. The van der Waals surface area contributed by atoms with Gasteiger partial charge in [-0.3, -0.25) is 0 Å². The summed E-state index contributed by atoms with van der Waals surface area (Å²) >= 11 is 0. The van der Waals surface area contributed by atoms with E-state index < -0.39 is 0 Å². The van der Waals surface area contributed by atoms with Crippen LogP contribution in [0.2, 0.25) is 0 Å². The van der Waals surface area contributed by atoms with Crippen molar-refractivity contribution in [2.75, 3.05) is 14.7 Å². The van der Waals surface area contributed by atoms with Crippen molar-refractivity contribution in [1.82, 2.24) is 0 Å². The second-order valence-electron chi connectivity index (χ2n) is 22.5. The molecule has 0 aromatic heterocycles. The van der Waals surface area contributed by atoms with Gasteiger partial charge in [-0.2, -0.15) is 0 Å². The largest absolute Gasteiger partial charge is 0.334 e. The summed E-state index contributed by atoms with van der Waals surface area (Å²) in [7, 11) is 0. The molecule has 4 aliphatic rings. The van der Waals surface area contributed by atoms with Gasteiger partial charge in [0.1, 0.15) is 0 Å². The van der Waals surface area contributed by atoms with Crippen molar-refractivity contribution in [3.05, 3.63) is 248 Å². The van der Waals surface area contributed by atoms with E-state index in [9.17, 15) is 0 Å². The number of hydrogen-bond donors (Lipinski definition) is 0. The molecular formula is C70H58BN3. The lowest BCUT2D eigenvalue weighted by molar-refractivity contribution is 0.133. The van der Waals surface area contributed by atoms with E-state index in [4.69, 9.17) is 0 Å². The van der Waals surface area contributed by atoms with Gasteiger partial charge < -0.3 is 14.7 Å². The summed E-state index contributed by atoms with van der Waals surface area (Å²) in [6, 6.07) is 88.9. The van der Waals surface area contributed by atoms with Gasteiger partial charge in [0.25, 0.3) is 6.71 Å². The van der Waals surface area contributed by atoms with Crippen LogP contribution in [0, 0.1) is 0 Å². The van der Waals surface area contributed by atoms with Crippen LogP contribution in [0.3, 0.4) is 0 Å². The Bertz CT molecular complexity index is 3810. The minimum absolute atomic E-state index is 0.00640. The zero-order valence-electron chi connectivity index (χ0n) is 42.8. The van der Waals surface area contributed by atoms with E-state index >= 15 is 0 Å². The van der Waals surface area contributed by atoms with Crippen LogP contribution in [0.25, 0.3) is 44.5 Å². The Morgan fingerprint density at radius 1 is 0.365 bits per heavy atom. The first kappa shape index (κ1) is 44.4. The van der Waals surface area contributed by atoms with Gasteiger partial charge in [-0.15, -0.1) is 0 Å². The number of rotatable bonds is 7. The summed E-state index contributed by atoms with van der Waals surface area (Å²) in [4.78, 5) is 7.95. The van der Waals surface area contributed by atoms with Gasteiger partial charge in [-0.25, -0.2) is 0 Å². The van der Waals surface area contributed by atoms with E-state index in [1.165, 1.54) is 106 Å². The quantitative estimate of drug-likeness (QED) is 0.147. The maximum atomic E-state index is 2.75. The van der Waals surface area contributed by atoms with E-state index in [1.807, 2.05) is 0 Å². The van der Waals surface area contributed by atoms with Crippen molar-refractivity contribution >= 4 is 68.6 Å². The molecular weight excluding hydrogens is 894 g/mol. The molecule has 3 nitrogen and oxygen atoms in total. The molecule has 2 atom stereocenters. The van der Waals surface area contributed by atoms with Gasteiger partial charge in [0.05, 0.1) is 5.54 Å². The molecule has 1 aliphatic carbocycles. The molecule has 0 radical (unpaired) electrons. The predicted octanol–water partition coefficient (Wildman–Crippen LogP) is 16.7. The Hall–Kier alpha value is -8.34. The van der Waals surface area contributed by atoms with E-state index in [2.05, 4.69) is 286 Å². The molecule has 0 N–H and O–H groups in total. The van der Waals surface area contributed by atoms with Gasteiger partial charge in [-0.1, -0.05) is 210 Å². The minimum atomic E-state index is -0.128. The van der Waals surface area contributed by atoms with Crippen molar-refractivity contribution < 1.29 is 0 Å². The molecule has 1 fully saturated rings. The van der Waals surface area contributed by atoms with Crippen LogP contribution in [0.15, 0.2) is 237 Å². The summed E-state index contributed by atoms with van der Waals surface area (Å²) in [5.74, 6) is 0. The van der Waals surface area contributed by atoms with Crippen LogP contribution in [0.4, 0.5) is 45.5 Å². The first-order chi connectivity index (χ1) is 36.1. The smallest absolute Gasteiger partial charge is 0.252 e. The molecule has 10 aromatic rings. The average Bonchev–Trinajstić information content (AvgIpc) is 3.57. The van der Waals surface area contributed by atoms with Crippen LogP contribution in [-0.4, -0.2) is 12.3 Å². The number of hydrogen-bond acceptors (Lipinski definition) is 3. The molecule has 4 heteroatoms. The third-order valence-corrected chi connectivity index (χ3v) is 17.5. The van der Waals surface area contributed by atoms with Crippen LogP contribution in [0.5, 0.6) is 0 Å². The summed E-state index contributed by atoms with van der Waals surface area (Å²) in [5.41, 5.74) is 25.9. The first-order valence-corrected chi connectivity index (χ1v) is 26.5. The Labute approximate surface area is 437 Å². The molecule has 0 bridgehead atoms. The number of fused-ring (bicyclic) bond motifs is 7. The fourth-order valence-corrected chi connectivity index (χ4v) is 13.2. The summed E-state index contributed by atoms with van der Waals surface area (Å²) in [5, 5.41) is 0. The zero-order chi connectivity index (χ0) is 49.9. The summed E-state index contributed by atoms with van der Waals surface area (Å²) in [6.45, 7) is 12.0. The number of anilines is 8. The fraction of sp³-hybridized carbons (Fsp3) is 0.143. The highest BCUT2D eigenvalue weighted by atomic mass is 15.3. The first-order valence-electron chi connectivity index (χ1n) is 26.5. The molecule has 10 aromatic carbocycles. The van der Waals surface area contributed by atoms with Gasteiger partial charge in [0, 0.05) is 50.9 Å². The lowest BCUT2D eigenvalue weighted by Gasteiger charge is -2.56. The van der Waals surface area contributed by atoms with E-state index in [-0.39, 0.29) is 23.1 Å². The van der Waals surface area contributed by atoms with E-state index in [0.29, 0.717) is 0 Å². The van der Waals surface area contributed by atoms with Crippen molar-refractivity contribution in [1.29, 1.82) is 0 Å². The van der Waals surface area contributed by atoms with Crippen LogP contribution in [-0.2, 0) is 10.8 Å². The zero-order valence-corrected chi connectivity index (χ0v) is 42.8. The Morgan fingerprint density at radius 3 is 1.45 bits per heavy atom. The molecule has 3 aliphatic heterocycles. The maximum Gasteiger partial charge on any atom is 0.252 e. The van der Waals surface area contributed by atoms with Crippen LogP contribution < -0.4 is 31.1 Å². The lowest BCUT2D eigenvalue weighted by atomic mass is 9.33. The minimum Gasteiger partial charge on any atom is -0.334 e. The van der Waals surface area contributed by atoms with Gasteiger partial charge in [-0.05, 0) is 152 Å². The van der Waals surface area contributed by atoms with Gasteiger partial charge >= 0.3 is 0 Å². The molecule has 0 spiro atoms. The third-order valence-electron chi connectivity index (χ3n) is 17.5. The van der Waals surface area contributed by atoms with Crippen molar-refractivity contribution in [3.63, 3.8) is 0 Å². The molecule has 0 saturated heterocycles. The lowest BCUT2D eigenvalue weighted by Crippen LogP contribution is -2.62. The van der Waals surface area contributed by atoms with Crippen LogP contribution >= 0.6 is 0 Å². The van der Waals surface area contributed by atoms with Crippen molar-refractivity contribution in [3.8, 4) is 44.5 Å². The normalized spacial score (nSPS) is 18.0. The third kappa shape index (κ3) is 6.74. The number of nitrogens with zero attached hydrogens (tertiary/aromatic N) is 3. The van der Waals surface area contributed by atoms with Crippen molar-refractivity contribution in [2.24, 2.45) is 0 Å². The SMILES string of the molecule is CC(C)(C)c1ccc2c(c1)C1(C)CCC1(C)N2c1cc2c3c(c1)N(c1cccc(-c4ccccc4)c1)c1cc(-c4ccccc4)ccc1B3c1cc(-c3ccccc3)ccc1N2c1ccc(-c2ccccc2)cc1. The molecule has 14 rings (SSSR count). The monoisotopic (exact) mass is 951 g/mol. The second-order valence-corrected chi connectivity index (χ2v) is 22.5. The fourth-order valence-electron chi connectivity index (χ4n) is 13.2. The standard InChI is InChI=1S/C70H58BN3/c1-68(2,3)55-33-38-62-59(44-55)69(4)39-40-70(69,5)74(62)58-45-65-67-66(46-58)73(57-28-18-27-52(41-57)48-21-12-7-13-22-48)64-43-54(50-25-16-9-17-26-50)31-36-60(64)71(67)61-42-53(49-23-14-8-15-24-49)32-37-63(61)72(65)56-34-29-51(30-35-56)47-19-10-6-11-20-47/h6-38,41-46H,39-40H2,1-5H3. The molecule has 2 unspecified atom stereocenters. The highest BCUT2D eigenvalue weighted by Crippen LogP contribution is 2.66. The highest BCUT2D eigenvalue weighted by Gasteiger charge is 2.63. The summed E-state index contributed by atoms with van der Waals surface area (Å²) in [6.07, 6.45) is 2.27. The van der Waals surface area contributed by atoms with E-state index in [1.54, 1.807) is 0 Å². The molecule has 3 heterocycles. The van der Waals surface area contributed by atoms with Gasteiger partial charge in [0.15, 0.2) is 0 Å². The Kier molecular flexibility index (Phi) is 9.95. The van der Waals surface area contributed by atoms with E-state index in [0.717, 1.165) is 24.2 Å². The molecule has 1 saturated carbocycles.